The van der Waals surface area contributed by atoms with Gasteiger partial charge in [-0.25, -0.2) is 0 Å². The van der Waals surface area contributed by atoms with E-state index in [0.29, 0.717) is 29.0 Å². The van der Waals surface area contributed by atoms with Gasteiger partial charge in [0.05, 0.1) is 16.0 Å². The highest BCUT2D eigenvalue weighted by Gasteiger charge is 2.51. The summed E-state index contributed by atoms with van der Waals surface area (Å²) in [5.41, 5.74) is 10.1. The van der Waals surface area contributed by atoms with Crippen molar-refractivity contribution < 1.29 is 14.3 Å². The fourth-order valence-electron chi connectivity index (χ4n) is 3.33. The molecule has 1 aliphatic heterocycles. The van der Waals surface area contributed by atoms with Crippen LogP contribution in [0.1, 0.15) is 24.0 Å². The number of carboxylic acids is 1. The van der Waals surface area contributed by atoms with Crippen LogP contribution in [-0.2, 0) is 10.2 Å². The summed E-state index contributed by atoms with van der Waals surface area (Å²) in [5.74, 6) is -1.35. The smallest absolute Gasteiger partial charge is 0.314 e. The molecule has 0 radical (unpaired) electrons. The van der Waals surface area contributed by atoms with Crippen LogP contribution in [-0.4, -0.2) is 17.0 Å². The maximum Gasteiger partial charge on any atom is 0.314 e. The van der Waals surface area contributed by atoms with E-state index in [2.05, 4.69) is 11.0 Å². The van der Waals surface area contributed by atoms with Gasteiger partial charge in [-0.2, -0.15) is 8.79 Å². The predicted octanol–water partition coefficient (Wildman–Crippen LogP) is 5.24. The van der Waals surface area contributed by atoms with Gasteiger partial charge in [0.2, 0.25) is 5.97 Å². The third kappa shape index (κ3) is 3.63. The molecule has 2 aromatic carbocycles. The highest BCUT2D eigenvalue weighted by Crippen LogP contribution is 2.48. The van der Waals surface area contributed by atoms with E-state index in [1.807, 2.05) is 48.5 Å². The van der Waals surface area contributed by atoms with Crippen molar-refractivity contribution in [2.75, 3.05) is 0 Å². The number of nitrogens with zero attached hydrogens (tertiary/aromatic N) is 1. The number of rotatable bonds is 4. The zero-order valence-electron chi connectivity index (χ0n) is 15.6. The van der Waals surface area contributed by atoms with Crippen molar-refractivity contribution in [3.05, 3.63) is 89.7 Å². The Morgan fingerprint density at radius 3 is 2.14 bits per heavy atom. The SMILES string of the molecule is C=C1/C=C\C(F)=N/S/C(c2ccc(-c3ccc(C4(C(=O)O)CC4)cc3)cc2)=C\1N. The summed E-state index contributed by atoms with van der Waals surface area (Å²) in [4.78, 5) is 12.1. The quantitative estimate of drug-likeness (QED) is 0.681. The second kappa shape index (κ2) is 7.37. The Labute approximate surface area is 172 Å². The van der Waals surface area contributed by atoms with Crippen molar-refractivity contribution in [2.45, 2.75) is 18.3 Å². The average molecular weight is 406 g/mol. The minimum Gasteiger partial charge on any atom is -0.481 e. The van der Waals surface area contributed by atoms with Crippen molar-refractivity contribution >= 4 is 28.8 Å². The molecule has 2 aliphatic rings. The molecule has 3 N–H and O–H groups in total. The molecule has 1 heterocycles. The normalized spacial score (nSPS) is 23.5. The molecule has 146 valence electrons. The van der Waals surface area contributed by atoms with Gasteiger partial charge in [-0.05, 0) is 52.8 Å². The monoisotopic (exact) mass is 406 g/mol. The lowest BCUT2D eigenvalue weighted by Crippen LogP contribution is -2.19. The fraction of sp³-hybridized carbons (Fsp3) is 0.130. The highest BCUT2D eigenvalue weighted by atomic mass is 32.2. The van der Waals surface area contributed by atoms with Gasteiger partial charge < -0.3 is 10.8 Å². The van der Waals surface area contributed by atoms with Crippen molar-refractivity contribution in [3.8, 4) is 11.1 Å². The first kappa shape index (κ1) is 19.2. The summed E-state index contributed by atoms with van der Waals surface area (Å²) in [5, 5.41) is 9.43. The summed E-state index contributed by atoms with van der Waals surface area (Å²) in [6, 6.07) is 15.4. The maximum absolute atomic E-state index is 13.6. The van der Waals surface area contributed by atoms with Crippen LogP contribution in [0.3, 0.4) is 0 Å². The fourth-order valence-corrected chi connectivity index (χ4v) is 4.04. The van der Waals surface area contributed by atoms with E-state index >= 15 is 0 Å². The lowest BCUT2D eigenvalue weighted by Gasteiger charge is -2.13. The molecular formula is C23H19FN2O2S. The molecule has 0 atom stereocenters. The van der Waals surface area contributed by atoms with E-state index < -0.39 is 17.3 Å². The first-order chi connectivity index (χ1) is 13.9. The number of carboxylic acid groups (broad SMARTS) is 1. The van der Waals surface area contributed by atoms with Gasteiger partial charge in [0.25, 0.3) is 0 Å². The standard InChI is InChI=1S/C23H19FN2O2S/c1-14-2-11-19(24)26-29-21(20(14)25)17-5-3-15(4-6-17)16-7-9-18(10-8-16)23(12-13-23)22(27)28/h2-11H,1,12-13,25H2,(H,27,28)/b11-2-,21-20+,26-19+. The van der Waals surface area contributed by atoms with Gasteiger partial charge in [0.1, 0.15) is 0 Å². The van der Waals surface area contributed by atoms with Crippen LogP contribution in [0.2, 0.25) is 0 Å². The van der Waals surface area contributed by atoms with Gasteiger partial charge in [-0.1, -0.05) is 55.1 Å². The number of hydrogen-bond acceptors (Lipinski definition) is 4. The van der Waals surface area contributed by atoms with Crippen LogP contribution in [0.25, 0.3) is 16.0 Å². The van der Waals surface area contributed by atoms with Crippen molar-refractivity contribution in [1.82, 2.24) is 0 Å². The summed E-state index contributed by atoms with van der Waals surface area (Å²) in [6.45, 7) is 3.87. The van der Waals surface area contributed by atoms with E-state index in [4.69, 9.17) is 5.73 Å². The number of nitrogens with two attached hydrogens (primary N) is 1. The predicted molar refractivity (Wildman–Crippen MR) is 116 cm³/mol. The van der Waals surface area contributed by atoms with Crippen LogP contribution in [0.5, 0.6) is 0 Å². The minimum absolute atomic E-state index is 0.461. The molecule has 2 aromatic rings. The Balaban J connectivity index is 1.60. The van der Waals surface area contributed by atoms with E-state index in [1.165, 1.54) is 12.2 Å². The first-order valence-corrected chi connectivity index (χ1v) is 9.90. The third-order valence-electron chi connectivity index (χ3n) is 5.31. The summed E-state index contributed by atoms with van der Waals surface area (Å²) in [7, 11) is 0. The molecule has 1 saturated carbocycles. The van der Waals surface area contributed by atoms with Crippen LogP contribution < -0.4 is 5.73 Å². The van der Waals surface area contributed by atoms with Crippen LogP contribution in [0, 0.1) is 0 Å². The minimum atomic E-state index is -0.757. The maximum atomic E-state index is 13.6. The summed E-state index contributed by atoms with van der Waals surface area (Å²) >= 11 is 0.986. The van der Waals surface area contributed by atoms with Gasteiger partial charge in [-0.3, -0.25) is 4.79 Å². The van der Waals surface area contributed by atoms with Gasteiger partial charge in [0.15, 0.2) is 0 Å². The van der Waals surface area contributed by atoms with Gasteiger partial charge >= 0.3 is 5.97 Å². The lowest BCUT2D eigenvalue weighted by atomic mass is 9.93. The van der Waals surface area contributed by atoms with Crippen LogP contribution in [0.4, 0.5) is 4.39 Å². The zero-order valence-corrected chi connectivity index (χ0v) is 16.4. The number of hydrogen-bond donors (Lipinski definition) is 2. The molecule has 29 heavy (non-hydrogen) atoms. The topological polar surface area (TPSA) is 75.7 Å². The molecule has 0 amide bonds. The molecule has 0 aromatic heterocycles. The molecule has 0 bridgehead atoms. The van der Waals surface area contributed by atoms with Crippen molar-refractivity contribution in [2.24, 2.45) is 10.1 Å². The van der Waals surface area contributed by atoms with Gasteiger partial charge in [0, 0.05) is 11.9 Å². The molecule has 0 unspecified atom stereocenters. The number of allylic oxidation sites excluding steroid dienone is 2. The second-order valence-corrected chi connectivity index (χ2v) is 7.92. The molecule has 0 saturated heterocycles. The lowest BCUT2D eigenvalue weighted by molar-refractivity contribution is -0.140. The Hall–Kier alpha value is -3.12. The Morgan fingerprint density at radius 1 is 1.03 bits per heavy atom. The largest absolute Gasteiger partial charge is 0.481 e. The van der Waals surface area contributed by atoms with E-state index in [0.717, 1.165) is 34.2 Å². The molecule has 6 heteroatoms. The third-order valence-corrected chi connectivity index (χ3v) is 6.22. The van der Waals surface area contributed by atoms with Gasteiger partial charge in [-0.15, -0.1) is 0 Å². The highest BCUT2D eigenvalue weighted by molar-refractivity contribution is 8.07. The number of carbonyl (C=O) groups is 1. The number of halogens is 1. The number of benzene rings is 2. The summed E-state index contributed by atoms with van der Waals surface area (Å²) in [6.07, 6.45) is 4.12. The number of aliphatic carboxylic acids is 1. The molecule has 1 aliphatic carbocycles. The molecule has 4 nitrogen and oxygen atoms in total. The molecular weight excluding hydrogens is 387 g/mol. The van der Waals surface area contributed by atoms with Crippen molar-refractivity contribution in [3.63, 3.8) is 0 Å². The molecule has 1 fully saturated rings. The van der Waals surface area contributed by atoms with Crippen LogP contribution >= 0.6 is 11.9 Å². The molecule has 0 spiro atoms. The Bertz CT molecular complexity index is 1080. The van der Waals surface area contributed by atoms with E-state index in [-0.39, 0.29) is 0 Å². The average Bonchev–Trinajstić information content (AvgIpc) is 3.54. The van der Waals surface area contributed by atoms with Crippen LogP contribution in [0.15, 0.2) is 82.9 Å². The van der Waals surface area contributed by atoms with E-state index in [9.17, 15) is 14.3 Å². The second-order valence-electron chi connectivity index (χ2n) is 7.15. The Morgan fingerprint density at radius 2 is 1.59 bits per heavy atom. The first-order valence-electron chi connectivity index (χ1n) is 9.13. The van der Waals surface area contributed by atoms with E-state index in [1.54, 1.807) is 0 Å². The van der Waals surface area contributed by atoms with Crippen molar-refractivity contribution in [1.29, 1.82) is 0 Å². The molecule has 4 rings (SSSR count). The summed E-state index contributed by atoms with van der Waals surface area (Å²) < 4.78 is 17.4. The Kier molecular flexibility index (Phi) is 4.88. The zero-order chi connectivity index (χ0) is 20.6.